The van der Waals surface area contributed by atoms with Gasteiger partial charge < -0.3 is 0 Å². The summed E-state index contributed by atoms with van der Waals surface area (Å²) in [5, 5.41) is 0. The van der Waals surface area contributed by atoms with Crippen LogP contribution in [0.5, 0.6) is 0 Å². The minimum atomic E-state index is 0.942. The molecule has 0 aromatic heterocycles. The van der Waals surface area contributed by atoms with E-state index in [0.29, 0.717) is 0 Å². The molecule has 0 N–H and O–H groups in total. The number of allylic oxidation sites excluding steroid dienone is 1. The van der Waals surface area contributed by atoms with Gasteiger partial charge in [-0.2, -0.15) is 0 Å². The lowest BCUT2D eigenvalue weighted by molar-refractivity contribution is 0.259. The third-order valence-corrected chi connectivity index (χ3v) is 7.02. The predicted molar refractivity (Wildman–Crippen MR) is 135 cm³/mol. The van der Waals surface area contributed by atoms with E-state index in [2.05, 4.69) is 73.9 Å². The first-order valence-corrected chi connectivity index (χ1v) is 12.6. The van der Waals surface area contributed by atoms with E-state index < -0.39 is 0 Å². The third kappa shape index (κ3) is 8.41. The fourth-order valence-electron chi connectivity index (χ4n) is 4.75. The second kappa shape index (κ2) is 13.2. The SMILES string of the molecule is C=CCCCCCc1ccc(C#Cc2ccc(CCC3CCC(CC)CC3)cc2)cc1. The Morgan fingerprint density at radius 2 is 1.29 bits per heavy atom. The molecule has 1 fully saturated rings. The minimum Gasteiger partial charge on any atom is -0.103 e. The average Bonchev–Trinajstić information content (AvgIpc) is 2.83. The second-order valence-electron chi connectivity index (χ2n) is 9.37. The van der Waals surface area contributed by atoms with Crippen LogP contribution in [-0.4, -0.2) is 0 Å². The maximum absolute atomic E-state index is 3.79. The van der Waals surface area contributed by atoms with Crippen molar-refractivity contribution in [2.75, 3.05) is 0 Å². The molecule has 3 rings (SSSR count). The van der Waals surface area contributed by atoms with Gasteiger partial charge in [-0.05, 0) is 85.8 Å². The van der Waals surface area contributed by atoms with Crippen molar-refractivity contribution in [3.63, 3.8) is 0 Å². The van der Waals surface area contributed by atoms with Gasteiger partial charge in [0.15, 0.2) is 0 Å². The summed E-state index contributed by atoms with van der Waals surface area (Å²) in [5.41, 5.74) is 5.08. The lowest BCUT2D eigenvalue weighted by Gasteiger charge is -2.27. The van der Waals surface area contributed by atoms with Crippen molar-refractivity contribution in [1.82, 2.24) is 0 Å². The number of hydrogen-bond acceptors (Lipinski definition) is 0. The van der Waals surface area contributed by atoms with Gasteiger partial charge in [0.1, 0.15) is 0 Å². The largest absolute Gasteiger partial charge is 0.103 e. The Balaban J connectivity index is 1.42. The van der Waals surface area contributed by atoms with Gasteiger partial charge >= 0.3 is 0 Å². The molecule has 0 nitrogen and oxygen atoms in total. The molecule has 0 bridgehead atoms. The van der Waals surface area contributed by atoms with E-state index >= 15 is 0 Å². The summed E-state index contributed by atoms with van der Waals surface area (Å²) in [5.74, 6) is 8.60. The van der Waals surface area contributed by atoms with Crippen LogP contribution >= 0.6 is 0 Å². The molecule has 0 spiro atoms. The van der Waals surface area contributed by atoms with Crippen LogP contribution in [0.2, 0.25) is 0 Å². The molecule has 1 aliphatic carbocycles. The van der Waals surface area contributed by atoms with E-state index in [1.54, 1.807) is 0 Å². The number of aryl methyl sites for hydroxylation is 2. The Bertz CT molecular complexity index is 820. The molecule has 1 aliphatic rings. The first kappa shape index (κ1) is 23.4. The molecule has 164 valence electrons. The molecule has 0 aliphatic heterocycles. The molecule has 1 saturated carbocycles. The fraction of sp³-hybridized carbons (Fsp3) is 0.484. The molecular weight excluding hydrogens is 372 g/mol. The Hall–Kier alpha value is -2.26. The van der Waals surface area contributed by atoms with Crippen LogP contribution in [0.4, 0.5) is 0 Å². The Morgan fingerprint density at radius 3 is 1.84 bits per heavy atom. The van der Waals surface area contributed by atoms with Crippen LogP contribution in [0, 0.1) is 23.7 Å². The minimum absolute atomic E-state index is 0.942. The molecule has 0 heterocycles. The molecule has 0 amide bonds. The number of rotatable bonds is 10. The summed E-state index contributed by atoms with van der Waals surface area (Å²) in [4.78, 5) is 0. The van der Waals surface area contributed by atoms with Crippen molar-refractivity contribution < 1.29 is 0 Å². The summed E-state index contributed by atoms with van der Waals surface area (Å²) in [6.07, 6.45) is 17.8. The zero-order chi connectivity index (χ0) is 21.7. The van der Waals surface area contributed by atoms with Gasteiger partial charge in [-0.3, -0.25) is 0 Å². The van der Waals surface area contributed by atoms with Crippen LogP contribution in [0.25, 0.3) is 0 Å². The lowest BCUT2D eigenvalue weighted by atomic mass is 9.78. The summed E-state index contributed by atoms with van der Waals surface area (Å²) >= 11 is 0. The summed E-state index contributed by atoms with van der Waals surface area (Å²) in [7, 11) is 0. The first-order chi connectivity index (χ1) is 15.3. The van der Waals surface area contributed by atoms with Crippen molar-refractivity contribution in [2.45, 2.75) is 84.0 Å². The highest BCUT2D eigenvalue weighted by molar-refractivity contribution is 5.44. The summed E-state index contributed by atoms with van der Waals surface area (Å²) in [6, 6.07) is 17.7. The van der Waals surface area contributed by atoms with E-state index in [4.69, 9.17) is 0 Å². The number of unbranched alkanes of at least 4 members (excludes halogenated alkanes) is 3. The van der Waals surface area contributed by atoms with Crippen molar-refractivity contribution in [3.8, 4) is 11.8 Å². The Labute approximate surface area is 191 Å². The van der Waals surface area contributed by atoms with Gasteiger partial charge in [-0.1, -0.05) is 87.6 Å². The van der Waals surface area contributed by atoms with Gasteiger partial charge in [0.2, 0.25) is 0 Å². The molecule has 0 heteroatoms. The highest BCUT2D eigenvalue weighted by atomic mass is 14.2. The van der Waals surface area contributed by atoms with E-state index in [9.17, 15) is 0 Å². The molecule has 2 aromatic rings. The monoisotopic (exact) mass is 412 g/mol. The van der Waals surface area contributed by atoms with Crippen LogP contribution in [-0.2, 0) is 12.8 Å². The van der Waals surface area contributed by atoms with Crippen molar-refractivity contribution >= 4 is 0 Å². The van der Waals surface area contributed by atoms with Gasteiger partial charge in [-0.15, -0.1) is 6.58 Å². The molecule has 0 radical (unpaired) electrons. The normalized spacial score (nSPS) is 18.2. The number of hydrogen-bond donors (Lipinski definition) is 0. The van der Waals surface area contributed by atoms with Gasteiger partial charge in [-0.25, -0.2) is 0 Å². The van der Waals surface area contributed by atoms with Crippen molar-refractivity contribution in [1.29, 1.82) is 0 Å². The van der Waals surface area contributed by atoms with Gasteiger partial charge in [0, 0.05) is 11.1 Å². The van der Waals surface area contributed by atoms with Crippen LogP contribution in [0.1, 0.15) is 93.4 Å². The Morgan fingerprint density at radius 1 is 0.742 bits per heavy atom. The van der Waals surface area contributed by atoms with Gasteiger partial charge in [0.25, 0.3) is 0 Å². The first-order valence-electron chi connectivity index (χ1n) is 12.6. The standard InChI is InChI=1S/C31H40/c1-3-5-6-7-8-9-27-14-16-29(17-15-27)20-21-31-24-22-30(23-25-31)19-18-28-12-10-26(4-2)11-13-28/h3,14-17,22-26,28H,1,4-13,18-19H2,2H3. The quantitative estimate of drug-likeness (QED) is 0.208. The number of benzene rings is 2. The average molecular weight is 413 g/mol. The smallest absolute Gasteiger partial charge is 0.0249 e. The Kier molecular flexibility index (Phi) is 9.98. The van der Waals surface area contributed by atoms with Gasteiger partial charge in [0.05, 0.1) is 0 Å². The maximum Gasteiger partial charge on any atom is 0.0249 e. The predicted octanol–water partition coefficient (Wildman–Crippen LogP) is 8.52. The van der Waals surface area contributed by atoms with E-state index in [1.807, 2.05) is 6.08 Å². The van der Waals surface area contributed by atoms with Crippen LogP contribution < -0.4 is 0 Å². The van der Waals surface area contributed by atoms with Crippen molar-refractivity contribution in [2.24, 2.45) is 11.8 Å². The van der Waals surface area contributed by atoms with Crippen molar-refractivity contribution in [3.05, 3.63) is 83.4 Å². The summed E-state index contributed by atoms with van der Waals surface area (Å²) in [6.45, 7) is 6.13. The maximum atomic E-state index is 3.79. The molecule has 31 heavy (non-hydrogen) atoms. The van der Waals surface area contributed by atoms with E-state index in [0.717, 1.165) is 35.8 Å². The van der Waals surface area contributed by atoms with Crippen LogP contribution in [0.3, 0.4) is 0 Å². The topological polar surface area (TPSA) is 0 Å². The van der Waals surface area contributed by atoms with Crippen LogP contribution in [0.15, 0.2) is 61.2 Å². The fourth-order valence-corrected chi connectivity index (χ4v) is 4.75. The molecular formula is C31H40. The lowest BCUT2D eigenvalue weighted by Crippen LogP contribution is -2.14. The highest BCUT2D eigenvalue weighted by Gasteiger charge is 2.19. The molecule has 0 atom stereocenters. The molecule has 0 unspecified atom stereocenters. The zero-order valence-corrected chi connectivity index (χ0v) is 19.5. The van der Waals surface area contributed by atoms with E-state index in [1.165, 1.54) is 75.3 Å². The third-order valence-electron chi connectivity index (χ3n) is 7.02. The molecule has 2 aromatic carbocycles. The molecule has 0 saturated heterocycles. The second-order valence-corrected chi connectivity index (χ2v) is 9.37. The van der Waals surface area contributed by atoms with E-state index in [-0.39, 0.29) is 0 Å². The highest BCUT2D eigenvalue weighted by Crippen LogP contribution is 2.33. The summed E-state index contributed by atoms with van der Waals surface area (Å²) < 4.78 is 0. The zero-order valence-electron chi connectivity index (χ0n) is 19.5.